The van der Waals surface area contributed by atoms with E-state index in [4.69, 9.17) is 0 Å². The first-order valence-electron chi connectivity index (χ1n) is 10.1. The molecule has 0 radical (unpaired) electrons. The van der Waals surface area contributed by atoms with E-state index >= 15 is 0 Å². The van der Waals surface area contributed by atoms with Gasteiger partial charge in [0.1, 0.15) is 12.1 Å². The number of aromatic nitrogens is 4. The monoisotopic (exact) mass is 357 g/mol. The first-order valence-corrected chi connectivity index (χ1v) is 10.1. The van der Waals surface area contributed by atoms with Crippen molar-refractivity contribution in [1.82, 2.24) is 29.5 Å². The molecule has 0 atom stereocenters. The zero-order valence-electron chi connectivity index (χ0n) is 16.2. The van der Waals surface area contributed by atoms with Crippen LogP contribution < -0.4 is 4.90 Å². The van der Waals surface area contributed by atoms with E-state index in [1.807, 2.05) is 11.7 Å². The fourth-order valence-electron chi connectivity index (χ4n) is 4.43. The molecule has 0 aromatic carbocycles. The van der Waals surface area contributed by atoms with Crippen LogP contribution in [-0.2, 0) is 7.05 Å². The number of aryl methyl sites for hydroxylation is 2. The summed E-state index contributed by atoms with van der Waals surface area (Å²) in [4.78, 5) is 16.7. The summed E-state index contributed by atoms with van der Waals surface area (Å²) < 4.78 is 1.86. The first-order chi connectivity index (χ1) is 12.7. The van der Waals surface area contributed by atoms with Crippen molar-refractivity contribution in [3.63, 3.8) is 0 Å². The van der Waals surface area contributed by atoms with E-state index in [0.717, 1.165) is 42.2 Å². The quantitative estimate of drug-likeness (QED) is 0.811. The highest BCUT2D eigenvalue weighted by molar-refractivity contribution is 5.89. The van der Waals surface area contributed by atoms with E-state index in [1.54, 1.807) is 6.33 Å². The maximum absolute atomic E-state index is 4.62. The fourth-order valence-corrected chi connectivity index (χ4v) is 4.43. The molecule has 0 aliphatic carbocycles. The summed E-state index contributed by atoms with van der Waals surface area (Å²) in [7, 11) is 1.96. The average Bonchev–Trinajstić information content (AvgIpc) is 3.18. The Hall–Kier alpha value is -1.73. The molecule has 0 saturated carbocycles. The van der Waals surface area contributed by atoms with Gasteiger partial charge in [-0.1, -0.05) is 0 Å². The van der Waals surface area contributed by atoms with Crippen LogP contribution in [0.25, 0.3) is 11.0 Å². The zero-order valence-corrected chi connectivity index (χ0v) is 16.2. The van der Waals surface area contributed by atoms with E-state index < -0.39 is 0 Å². The minimum atomic E-state index is 0.930. The Bertz CT molecular complexity index is 735. The maximum atomic E-state index is 4.62. The lowest BCUT2D eigenvalue weighted by Crippen LogP contribution is -2.33. The van der Waals surface area contributed by atoms with Crippen molar-refractivity contribution in [2.24, 2.45) is 7.05 Å². The van der Waals surface area contributed by atoms with Crippen LogP contribution in [0.5, 0.6) is 0 Å². The summed E-state index contributed by atoms with van der Waals surface area (Å²) in [5, 5.41) is 5.64. The van der Waals surface area contributed by atoms with Crippen LogP contribution in [-0.4, -0.2) is 81.9 Å². The second kappa shape index (κ2) is 7.88. The molecule has 2 aromatic heterocycles. The highest BCUT2D eigenvalue weighted by atomic mass is 15.3. The lowest BCUT2D eigenvalue weighted by atomic mass is 10.2. The van der Waals surface area contributed by atoms with Crippen LogP contribution in [0.4, 0.5) is 5.82 Å². The molecule has 0 spiro atoms. The predicted molar refractivity (Wildman–Crippen MR) is 105 cm³/mol. The molecule has 142 valence electrons. The van der Waals surface area contributed by atoms with Gasteiger partial charge in [-0.15, -0.1) is 0 Å². The van der Waals surface area contributed by atoms with Gasteiger partial charge in [0.05, 0.1) is 11.1 Å². The summed E-state index contributed by atoms with van der Waals surface area (Å²) >= 11 is 0. The van der Waals surface area contributed by atoms with Gasteiger partial charge in [-0.3, -0.25) is 4.68 Å². The van der Waals surface area contributed by atoms with Gasteiger partial charge in [-0.05, 0) is 65.3 Å². The van der Waals surface area contributed by atoms with Gasteiger partial charge >= 0.3 is 0 Å². The minimum Gasteiger partial charge on any atom is -0.355 e. The Morgan fingerprint density at radius 3 is 2.42 bits per heavy atom. The Morgan fingerprint density at radius 2 is 1.62 bits per heavy atom. The van der Waals surface area contributed by atoms with Crippen LogP contribution in [0.3, 0.4) is 0 Å². The number of likely N-dealkylation sites (tertiary alicyclic amines) is 1. The highest BCUT2D eigenvalue weighted by Crippen LogP contribution is 2.26. The van der Waals surface area contributed by atoms with Crippen LogP contribution in [0, 0.1) is 6.92 Å². The largest absolute Gasteiger partial charge is 0.355 e. The van der Waals surface area contributed by atoms with Gasteiger partial charge in [0.15, 0.2) is 5.65 Å². The number of rotatable bonds is 5. The molecule has 7 heteroatoms. The molecular weight excluding hydrogens is 326 g/mol. The number of nitrogens with zero attached hydrogens (tertiary/aromatic N) is 7. The zero-order chi connectivity index (χ0) is 17.9. The number of fused-ring (bicyclic) bond motifs is 1. The molecule has 0 bridgehead atoms. The van der Waals surface area contributed by atoms with Crippen molar-refractivity contribution < 1.29 is 0 Å². The number of anilines is 1. The average molecular weight is 358 g/mol. The molecule has 26 heavy (non-hydrogen) atoms. The maximum Gasteiger partial charge on any atom is 0.163 e. The molecule has 2 aliphatic rings. The summed E-state index contributed by atoms with van der Waals surface area (Å²) in [6.45, 7) is 11.5. The molecule has 7 nitrogen and oxygen atoms in total. The summed E-state index contributed by atoms with van der Waals surface area (Å²) in [6, 6.07) is 0. The highest BCUT2D eigenvalue weighted by Gasteiger charge is 2.21. The standard InChI is InChI=1S/C19H31N7/c1-16-17-18(23(2)22-16)20-15-21-19(17)26-12-6-11-25(13-14-26)10-5-9-24-7-3-4-8-24/h15H,3-14H2,1-2H3. The van der Waals surface area contributed by atoms with E-state index in [-0.39, 0.29) is 0 Å². The van der Waals surface area contributed by atoms with E-state index in [2.05, 4.69) is 36.7 Å². The smallest absolute Gasteiger partial charge is 0.163 e. The van der Waals surface area contributed by atoms with Crippen LogP contribution >= 0.6 is 0 Å². The van der Waals surface area contributed by atoms with E-state index in [0.29, 0.717) is 0 Å². The molecule has 0 N–H and O–H groups in total. The Balaban J connectivity index is 1.38. The SMILES string of the molecule is Cc1nn(C)c2ncnc(N3CCCN(CCCN4CCCC4)CC3)c12. The third-order valence-electron chi connectivity index (χ3n) is 5.81. The number of hydrogen-bond donors (Lipinski definition) is 0. The van der Waals surface area contributed by atoms with Gasteiger partial charge < -0.3 is 14.7 Å². The van der Waals surface area contributed by atoms with E-state index in [9.17, 15) is 0 Å². The summed E-state index contributed by atoms with van der Waals surface area (Å²) in [6.07, 6.45) is 6.94. The lowest BCUT2D eigenvalue weighted by Gasteiger charge is -2.24. The first kappa shape index (κ1) is 17.7. The second-order valence-electron chi connectivity index (χ2n) is 7.69. The van der Waals surface area contributed by atoms with Gasteiger partial charge in [-0.2, -0.15) is 5.10 Å². The molecule has 0 unspecified atom stereocenters. The molecule has 0 amide bonds. The number of hydrogen-bond acceptors (Lipinski definition) is 6. The molecule has 2 aliphatic heterocycles. The summed E-state index contributed by atoms with van der Waals surface area (Å²) in [5.41, 5.74) is 1.95. The van der Waals surface area contributed by atoms with Crippen LogP contribution in [0.2, 0.25) is 0 Å². The summed E-state index contributed by atoms with van der Waals surface area (Å²) in [5.74, 6) is 1.06. The van der Waals surface area contributed by atoms with Crippen molar-refractivity contribution >= 4 is 16.9 Å². The van der Waals surface area contributed by atoms with Crippen molar-refractivity contribution in [1.29, 1.82) is 0 Å². The van der Waals surface area contributed by atoms with Gasteiger partial charge in [0, 0.05) is 26.7 Å². The van der Waals surface area contributed by atoms with Crippen molar-refractivity contribution in [2.45, 2.75) is 32.6 Å². The van der Waals surface area contributed by atoms with Gasteiger partial charge in [-0.25, -0.2) is 9.97 Å². The third-order valence-corrected chi connectivity index (χ3v) is 5.81. The van der Waals surface area contributed by atoms with Gasteiger partial charge in [0.2, 0.25) is 0 Å². The predicted octanol–water partition coefficient (Wildman–Crippen LogP) is 1.67. The normalized spacial score (nSPS) is 20.2. The molecule has 2 saturated heterocycles. The molecule has 4 heterocycles. The van der Waals surface area contributed by atoms with Crippen molar-refractivity contribution in [2.75, 3.05) is 57.3 Å². The Labute approximate surface area is 156 Å². The molecule has 2 fully saturated rings. The topological polar surface area (TPSA) is 53.3 Å². The fraction of sp³-hybridized carbons (Fsp3) is 0.737. The third kappa shape index (κ3) is 3.69. The molecule has 2 aromatic rings. The minimum absolute atomic E-state index is 0.930. The van der Waals surface area contributed by atoms with Gasteiger partial charge in [0.25, 0.3) is 0 Å². The molecule has 4 rings (SSSR count). The van der Waals surface area contributed by atoms with Crippen molar-refractivity contribution in [3.8, 4) is 0 Å². The lowest BCUT2D eigenvalue weighted by molar-refractivity contribution is 0.257. The Morgan fingerprint density at radius 1 is 0.885 bits per heavy atom. The second-order valence-corrected chi connectivity index (χ2v) is 7.69. The van der Waals surface area contributed by atoms with Crippen LogP contribution in [0.1, 0.15) is 31.4 Å². The Kier molecular flexibility index (Phi) is 5.36. The molecular formula is C19H31N7. The van der Waals surface area contributed by atoms with Crippen molar-refractivity contribution in [3.05, 3.63) is 12.0 Å². The van der Waals surface area contributed by atoms with E-state index in [1.165, 1.54) is 58.4 Å². The van der Waals surface area contributed by atoms with Crippen LogP contribution in [0.15, 0.2) is 6.33 Å².